The Kier molecular flexibility index (Phi) is 6.59. The third kappa shape index (κ3) is 4.61. The van der Waals surface area contributed by atoms with E-state index in [9.17, 15) is 4.79 Å². The van der Waals surface area contributed by atoms with Crippen LogP contribution in [0.4, 0.5) is 0 Å². The summed E-state index contributed by atoms with van der Waals surface area (Å²) in [6.45, 7) is 7.53. The summed E-state index contributed by atoms with van der Waals surface area (Å²) in [6, 6.07) is 0. The van der Waals surface area contributed by atoms with Crippen LogP contribution in [0.2, 0.25) is 0 Å². The molecule has 2 rings (SSSR count). The number of carbonyl (C=O) groups is 1. The summed E-state index contributed by atoms with van der Waals surface area (Å²) in [5.74, 6) is 1.55. The van der Waals surface area contributed by atoms with E-state index in [-0.39, 0.29) is 0 Å². The van der Waals surface area contributed by atoms with E-state index in [0.717, 1.165) is 58.6 Å². The Morgan fingerprint density at radius 1 is 1.25 bits per heavy atom. The number of rotatable bonds is 6. The lowest BCUT2D eigenvalue weighted by Gasteiger charge is -2.35. The van der Waals surface area contributed by atoms with Gasteiger partial charge in [-0.15, -0.1) is 11.6 Å². The summed E-state index contributed by atoms with van der Waals surface area (Å²) in [4.78, 5) is 16.7. The molecule has 20 heavy (non-hydrogen) atoms. The quantitative estimate of drug-likeness (QED) is 0.703. The minimum Gasteiger partial charge on any atom is -0.378 e. The maximum atomic E-state index is 12.3. The highest BCUT2D eigenvalue weighted by Gasteiger charge is 2.32. The highest BCUT2D eigenvalue weighted by atomic mass is 35.5. The second kappa shape index (κ2) is 8.20. The monoisotopic (exact) mass is 302 g/mol. The Balaban J connectivity index is 1.68. The summed E-state index contributed by atoms with van der Waals surface area (Å²) >= 11 is 5.79. The summed E-state index contributed by atoms with van der Waals surface area (Å²) in [6.07, 6.45) is 4.30. The van der Waals surface area contributed by atoms with E-state index < -0.39 is 0 Å². The van der Waals surface area contributed by atoms with Gasteiger partial charge in [0.25, 0.3) is 0 Å². The Labute approximate surface area is 127 Å². The van der Waals surface area contributed by atoms with Gasteiger partial charge in [-0.2, -0.15) is 0 Å². The Hall–Kier alpha value is -0.320. The molecule has 0 spiro atoms. The topological polar surface area (TPSA) is 32.8 Å². The molecule has 0 atom stereocenters. The van der Waals surface area contributed by atoms with Gasteiger partial charge in [-0.3, -0.25) is 4.79 Å². The van der Waals surface area contributed by atoms with Crippen LogP contribution >= 0.6 is 11.6 Å². The molecule has 1 aliphatic carbocycles. The van der Waals surface area contributed by atoms with Crippen molar-refractivity contribution in [3.63, 3.8) is 0 Å². The first-order valence-electron chi connectivity index (χ1n) is 7.90. The van der Waals surface area contributed by atoms with Crippen LogP contribution in [0.3, 0.4) is 0 Å². The van der Waals surface area contributed by atoms with E-state index in [1.165, 1.54) is 0 Å². The zero-order chi connectivity index (χ0) is 14.4. The molecule has 2 fully saturated rings. The van der Waals surface area contributed by atoms with Crippen LogP contribution in [-0.2, 0) is 9.53 Å². The number of halogens is 1. The Morgan fingerprint density at radius 3 is 2.75 bits per heavy atom. The van der Waals surface area contributed by atoms with Gasteiger partial charge in [0.15, 0.2) is 0 Å². The maximum absolute atomic E-state index is 12.3. The zero-order valence-corrected chi connectivity index (χ0v) is 13.3. The second-order valence-corrected chi connectivity index (χ2v) is 6.26. The SMILES string of the molecule is CCOC1CC(CC(=O)N2CCCN(CCCl)CC2)C1. The second-order valence-electron chi connectivity index (χ2n) is 5.88. The average Bonchev–Trinajstić information content (AvgIpc) is 2.62. The lowest BCUT2D eigenvalue weighted by molar-refractivity contribution is -0.134. The molecule has 2 aliphatic rings. The van der Waals surface area contributed by atoms with Gasteiger partial charge < -0.3 is 14.5 Å². The summed E-state index contributed by atoms with van der Waals surface area (Å²) in [7, 11) is 0. The number of nitrogens with zero attached hydrogens (tertiary/aromatic N) is 2. The molecule has 0 radical (unpaired) electrons. The molecule has 5 heteroatoms. The van der Waals surface area contributed by atoms with Crippen molar-refractivity contribution in [2.75, 3.05) is 45.2 Å². The van der Waals surface area contributed by atoms with Crippen molar-refractivity contribution in [2.24, 2.45) is 5.92 Å². The molecular weight excluding hydrogens is 276 g/mol. The fraction of sp³-hybridized carbons (Fsp3) is 0.933. The van der Waals surface area contributed by atoms with Gasteiger partial charge in [0.2, 0.25) is 5.91 Å². The van der Waals surface area contributed by atoms with Crippen molar-refractivity contribution >= 4 is 17.5 Å². The smallest absolute Gasteiger partial charge is 0.222 e. The van der Waals surface area contributed by atoms with E-state index in [1.807, 2.05) is 11.8 Å². The Bertz CT molecular complexity index is 308. The molecule has 116 valence electrons. The van der Waals surface area contributed by atoms with Gasteiger partial charge in [0.1, 0.15) is 0 Å². The molecule has 0 aromatic carbocycles. The van der Waals surface area contributed by atoms with E-state index in [1.54, 1.807) is 0 Å². The van der Waals surface area contributed by atoms with Crippen LogP contribution in [-0.4, -0.2) is 67.0 Å². The third-order valence-corrected chi connectivity index (χ3v) is 4.57. The van der Waals surface area contributed by atoms with Crippen molar-refractivity contribution in [1.29, 1.82) is 0 Å². The number of ether oxygens (including phenoxy) is 1. The van der Waals surface area contributed by atoms with E-state index in [4.69, 9.17) is 16.3 Å². The lowest BCUT2D eigenvalue weighted by atomic mass is 9.79. The van der Waals surface area contributed by atoms with Crippen LogP contribution in [0.5, 0.6) is 0 Å². The van der Waals surface area contributed by atoms with Gasteiger partial charge in [0, 0.05) is 45.1 Å². The average molecular weight is 303 g/mol. The van der Waals surface area contributed by atoms with Crippen LogP contribution in [0.15, 0.2) is 0 Å². The zero-order valence-electron chi connectivity index (χ0n) is 12.5. The summed E-state index contributed by atoms with van der Waals surface area (Å²) < 4.78 is 5.55. The minimum atomic E-state index is 0.331. The Morgan fingerprint density at radius 2 is 2.05 bits per heavy atom. The van der Waals surface area contributed by atoms with Gasteiger partial charge >= 0.3 is 0 Å². The fourth-order valence-corrected chi connectivity index (χ4v) is 3.39. The van der Waals surface area contributed by atoms with Gasteiger partial charge in [-0.25, -0.2) is 0 Å². The molecule has 0 unspecified atom stereocenters. The summed E-state index contributed by atoms with van der Waals surface area (Å²) in [5, 5.41) is 0. The molecular formula is C15H27ClN2O2. The lowest BCUT2D eigenvalue weighted by Crippen LogP contribution is -2.39. The minimum absolute atomic E-state index is 0.331. The van der Waals surface area contributed by atoms with E-state index in [0.29, 0.717) is 30.2 Å². The van der Waals surface area contributed by atoms with Gasteiger partial charge in [0.05, 0.1) is 6.10 Å². The largest absolute Gasteiger partial charge is 0.378 e. The van der Waals surface area contributed by atoms with E-state index >= 15 is 0 Å². The third-order valence-electron chi connectivity index (χ3n) is 4.40. The number of amides is 1. The molecule has 0 aromatic heterocycles. The van der Waals surface area contributed by atoms with Crippen molar-refractivity contribution in [3.05, 3.63) is 0 Å². The molecule has 0 N–H and O–H groups in total. The van der Waals surface area contributed by atoms with Crippen LogP contribution in [0.25, 0.3) is 0 Å². The number of alkyl halides is 1. The standard InChI is InChI=1S/C15H27ClN2O2/c1-2-20-14-10-13(11-14)12-15(19)18-6-3-5-17(7-4-16)8-9-18/h13-14H,2-12H2,1H3. The molecule has 1 saturated carbocycles. The van der Waals surface area contributed by atoms with Crippen molar-refractivity contribution in [3.8, 4) is 0 Å². The summed E-state index contributed by atoms with van der Waals surface area (Å²) in [5.41, 5.74) is 0. The fourth-order valence-electron chi connectivity index (χ4n) is 3.15. The molecule has 0 aromatic rings. The van der Waals surface area contributed by atoms with Crippen LogP contribution in [0.1, 0.15) is 32.6 Å². The predicted octanol–water partition coefficient (Wildman–Crippen LogP) is 1.96. The molecule has 0 bridgehead atoms. The predicted molar refractivity (Wildman–Crippen MR) is 81.1 cm³/mol. The highest BCUT2D eigenvalue weighted by Crippen LogP contribution is 2.33. The van der Waals surface area contributed by atoms with Gasteiger partial charge in [-0.05, 0) is 38.6 Å². The van der Waals surface area contributed by atoms with Crippen LogP contribution in [0, 0.1) is 5.92 Å². The van der Waals surface area contributed by atoms with E-state index in [2.05, 4.69) is 4.90 Å². The van der Waals surface area contributed by atoms with Crippen molar-refractivity contribution in [2.45, 2.75) is 38.7 Å². The normalized spacial score (nSPS) is 28.0. The highest BCUT2D eigenvalue weighted by molar-refractivity contribution is 6.18. The molecule has 1 aliphatic heterocycles. The van der Waals surface area contributed by atoms with Crippen molar-refractivity contribution < 1.29 is 9.53 Å². The van der Waals surface area contributed by atoms with Crippen molar-refractivity contribution in [1.82, 2.24) is 9.80 Å². The first-order chi connectivity index (χ1) is 9.72. The first kappa shape index (κ1) is 16.1. The number of hydrogen-bond donors (Lipinski definition) is 0. The molecule has 1 amide bonds. The van der Waals surface area contributed by atoms with Gasteiger partial charge in [-0.1, -0.05) is 0 Å². The molecule has 4 nitrogen and oxygen atoms in total. The maximum Gasteiger partial charge on any atom is 0.222 e. The number of carbonyl (C=O) groups excluding carboxylic acids is 1. The number of hydrogen-bond acceptors (Lipinski definition) is 3. The first-order valence-corrected chi connectivity index (χ1v) is 8.44. The molecule has 1 heterocycles. The van der Waals surface area contributed by atoms with Crippen LogP contribution < -0.4 is 0 Å². The molecule has 1 saturated heterocycles.